The van der Waals surface area contributed by atoms with Crippen molar-refractivity contribution in [2.75, 3.05) is 0 Å². The SMILES string of the molecule is CC(C)CCCC(NN)c1cnccn1. The highest BCUT2D eigenvalue weighted by Crippen LogP contribution is 2.17. The van der Waals surface area contributed by atoms with Gasteiger partial charge in [0.2, 0.25) is 0 Å². The van der Waals surface area contributed by atoms with Crippen LogP contribution in [0.25, 0.3) is 0 Å². The van der Waals surface area contributed by atoms with Crippen LogP contribution in [0.2, 0.25) is 0 Å². The molecule has 0 radical (unpaired) electrons. The van der Waals surface area contributed by atoms with Crippen LogP contribution >= 0.6 is 0 Å². The lowest BCUT2D eigenvalue weighted by Gasteiger charge is -2.15. The zero-order valence-electron chi connectivity index (χ0n) is 9.48. The van der Waals surface area contributed by atoms with Gasteiger partial charge in [0.1, 0.15) is 0 Å². The van der Waals surface area contributed by atoms with Gasteiger partial charge in [0, 0.05) is 12.4 Å². The van der Waals surface area contributed by atoms with E-state index in [9.17, 15) is 0 Å². The van der Waals surface area contributed by atoms with Gasteiger partial charge in [-0.05, 0) is 12.3 Å². The van der Waals surface area contributed by atoms with Crippen molar-refractivity contribution in [3.8, 4) is 0 Å². The summed E-state index contributed by atoms with van der Waals surface area (Å²) in [6, 6.07) is 0.123. The molecule has 4 heteroatoms. The second-order valence-electron chi connectivity index (χ2n) is 4.17. The van der Waals surface area contributed by atoms with Crippen molar-refractivity contribution in [3.05, 3.63) is 24.3 Å². The maximum absolute atomic E-state index is 5.50. The van der Waals surface area contributed by atoms with Crippen LogP contribution < -0.4 is 11.3 Å². The number of hydrazine groups is 1. The molecule has 0 aliphatic rings. The molecular weight excluding hydrogens is 188 g/mol. The van der Waals surface area contributed by atoms with Crippen molar-refractivity contribution in [1.29, 1.82) is 0 Å². The average Bonchev–Trinajstić information content (AvgIpc) is 2.25. The molecule has 3 N–H and O–H groups in total. The lowest BCUT2D eigenvalue weighted by molar-refractivity contribution is 0.447. The smallest absolute Gasteiger partial charge is 0.0769 e. The maximum atomic E-state index is 5.50. The van der Waals surface area contributed by atoms with Crippen LogP contribution in [0.4, 0.5) is 0 Å². The van der Waals surface area contributed by atoms with Gasteiger partial charge in [0.05, 0.1) is 17.9 Å². The fraction of sp³-hybridized carbons (Fsp3) is 0.636. The molecule has 0 amide bonds. The molecule has 1 heterocycles. The Kier molecular flexibility index (Phi) is 5.21. The van der Waals surface area contributed by atoms with Gasteiger partial charge in [0.15, 0.2) is 0 Å². The first-order valence-electron chi connectivity index (χ1n) is 5.46. The molecule has 84 valence electrons. The summed E-state index contributed by atoms with van der Waals surface area (Å²) in [6.45, 7) is 4.46. The minimum absolute atomic E-state index is 0.123. The van der Waals surface area contributed by atoms with Crippen LogP contribution in [0.3, 0.4) is 0 Å². The van der Waals surface area contributed by atoms with E-state index in [1.54, 1.807) is 18.6 Å². The summed E-state index contributed by atoms with van der Waals surface area (Å²) in [5.74, 6) is 6.24. The van der Waals surface area contributed by atoms with E-state index in [1.807, 2.05) is 0 Å². The Morgan fingerprint density at radius 2 is 2.13 bits per heavy atom. The van der Waals surface area contributed by atoms with E-state index >= 15 is 0 Å². The van der Waals surface area contributed by atoms with Crippen LogP contribution in [-0.2, 0) is 0 Å². The molecule has 1 unspecified atom stereocenters. The number of nitrogens with zero attached hydrogens (tertiary/aromatic N) is 2. The predicted octanol–water partition coefficient (Wildman–Crippen LogP) is 1.81. The number of aromatic nitrogens is 2. The average molecular weight is 208 g/mol. The van der Waals surface area contributed by atoms with Crippen molar-refractivity contribution in [1.82, 2.24) is 15.4 Å². The molecule has 4 nitrogen and oxygen atoms in total. The van der Waals surface area contributed by atoms with Crippen molar-refractivity contribution >= 4 is 0 Å². The molecule has 0 aliphatic heterocycles. The van der Waals surface area contributed by atoms with E-state index in [-0.39, 0.29) is 6.04 Å². The fourth-order valence-corrected chi connectivity index (χ4v) is 1.54. The van der Waals surface area contributed by atoms with Crippen LogP contribution in [-0.4, -0.2) is 9.97 Å². The Morgan fingerprint density at radius 1 is 1.33 bits per heavy atom. The summed E-state index contributed by atoms with van der Waals surface area (Å²) >= 11 is 0. The number of rotatable bonds is 6. The first kappa shape index (κ1) is 12.1. The first-order valence-corrected chi connectivity index (χ1v) is 5.46. The predicted molar refractivity (Wildman–Crippen MR) is 60.8 cm³/mol. The summed E-state index contributed by atoms with van der Waals surface area (Å²) in [4.78, 5) is 8.28. The van der Waals surface area contributed by atoms with Gasteiger partial charge in [-0.25, -0.2) is 0 Å². The maximum Gasteiger partial charge on any atom is 0.0769 e. The summed E-state index contributed by atoms with van der Waals surface area (Å²) in [7, 11) is 0. The minimum Gasteiger partial charge on any atom is -0.271 e. The Balaban J connectivity index is 2.43. The fourth-order valence-electron chi connectivity index (χ4n) is 1.54. The van der Waals surface area contributed by atoms with Crippen LogP contribution in [0.5, 0.6) is 0 Å². The lowest BCUT2D eigenvalue weighted by Crippen LogP contribution is -2.28. The van der Waals surface area contributed by atoms with Gasteiger partial charge < -0.3 is 0 Å². The summed E-state index contributed by atoms with van der Waals surface area (Å²) in [6.07, 6.45) is 8.52. The van der Waals surface area contributed by atoms with E-state index in [1.165, 1.54) is 6.42 Å². The molecule has 15 heavy (non-hydrogen) atoms. The molecule has 1 aromatic rings. The van der Waals surface area contributed by atoms with Gasteiger partial charge in [-0.3, -0.25) is 21.2 Å². The highest BCUT2D eigenvalue weighted by molar-refractivity contribution is 5.01. The van der Waals surface area contributed by atoms with Crippen molar-refractivity contribution in [3.63, 3.8) is 0 Å². The monoisotopic (exact) mass is 208 g/mol. The van der Waals surface area contributed by atoms with Gasteiger partial charge in [0.25, 0.3) is 0 Å². The molecule has 0 bridgehead atoms. The third-order valence-electron chi connectivity index (χ3n) is 2.42. The number of hydrogen-bond acceptors (Lipinski definition) is 4. The van der Waals surface area contributed by atoms with Gasteiger partial charge in [-0.1, -0.05) is 26.7 Å². The molecule has 0 saturated heterocycles. The van der Waals surface area contributed by atoms with Gasteiger partial charge in [-0.15, -0.1) is 0 Å². The number of hydrogen-bond donors (Lipinski definition) is 2. The highest BCUT2D eigenvalue weighted by Gasteiger charge is 2.10. The number of nitrogens with two attached hydrogens (primary N) is 1. The summed E-state index contributed by atoms with van der Waals surface area (Å²) < 4.78 is 0. The molecular formula is C11H20N4. The van der Waals surface area contributed by atoms with Crippen molar-refractivity contribution in [2.45, 2.75) is 39.2 Å². The zero-order valence-corrected chi connectivity index (χ0v) is 9.48. The Hall–Kier alpha value is -1.00. The molecule has 0 aromatic carbocycles. The molecule has 0 fully saturated rings. The topological polar surface area (TPSA) is 63.8 Å². The Labute approximate surface area is 91.3 Å². The third-order valence-corrected chi connectivity index (χ3v) is 2.42. The van der Waals surface area contributed by atoms with E-state index in [4.69, 9.17) is 5.84 Å². The van der Waals surface area contributed by atoms with E-state index in [2.05, 4.69) is 29.2 Å². The molecule has 1 aromatic heterocycles. The third kappa shape index (κ3) is 4.36. The van der Waals surface area contributed by atoms with Crippen LogP contribution in [0.1, 0.15) is 44.8 Å². The quantitative estimate of drug-likeness (QED) is 0.553. The van der Waals surface area contributed by atoms with Crippen molar-refractivity contribution in [2.24, 2.45) is 11.8 Å². The molecule has 0 spiro atoms. The van der Waals surface area contributed by atoms with Gasteiger partial charge >= 0.3 is 0 Å². The summed E-state index contributed by atoms with van der Waals surface area (Å²) in [5.41, 5.74) is 3.71. The van der Waals surface area contributed by atoms with Crippen LogP contribution in [0, 0.1) is 5.92 Å². The molecule has 1 atom stereocenters. The molecule has 0 saturated carbocycles. The zero-order chi connectivity index (χ0) is 11.1. The minimum atomic E-state index is 0.123. The molecule has 1 rings (SSSR count). The van der Waals surface area contributed by atoms with Gasteiger partial charge in [-0.2, -0.15) is 0 Å². The normalized spacial score (nSPS) is 13.1. The molecule has 0 aliphatic carbocycles. The van der Waals surface area contributed by atoms with E-state index in [0.29, 0.717) is 0 Å². The summed E-state index contributed by atoms with van der Waals surface area (Å²) in [5, 5.41) is 0. The Bertz CT molecular complexity index is 261. The second kappa shape index (κ2) is 6.48. The lowest BCUT2D eigenvalue weighted by atomic mass is 10.0. The largest absolute Gasteiger partial charge is 0.271 e. The Morgan fingerprint density at radius 3 is 2.67 bits per heavy atom. The van der Waals surface area contributed by atoms with E-state index in [0.717, 1.165) is 24.5 Å². The second-order valence-corrected chi connectivity index (χ2v) is 4.17. The first-order chi connectivity index (χ1) is 7.24. The van der Waals surface area contributed by atoms with Crippen LogP contribution in [0.15, 0.2) is 18.6 Å². The number of nitrogens with one attached hydrogen (secondary N) is 1. The highest BCUT2D eigenvalue weighted by atomic mass is 15.2. The van der Waals surface area contributed by atoms with E-state index < -0.39 is 0 Å². The standard InChI is InChI=1S/C11H20N4/c1-9(2)4-3-5-10(15-12)11-8-13-6-7-14-11/h6-10,15H,3-5,12H2,1-2H3. The van der Waals surface area contributed by atoms with Crippen molar-refractivity contribution < 1.29 is 0 Å².